The summed E-state index contributed by atoms with van der Waals surface area (Å²) in [5.41, 5.74) is 1.84. The molecule has 2 amide bonds. The van der Waals surface area contributed by atoms with Gasteiger partial charge in [0.05, 0.1) is 33.3 Å². The van der Waals surface area contributed by atoms with Gasteiger partial charge in [-0.3, -0.25) is 14.5 Å². The molecule has 0 spiro atoms. The van der Waals surface area contributed by atoms with Crippen molar-refractivity contribution in [1.82, 2.24) is 10.2 Å². The molecule has 4 aromatic carbocycles. The maximum atomic E-state index is 14.2. The molecule has 6 rings (SSSR count). The number of halogens is 2. The Hall–Kier alpha value is -4.25. The first-order valence-electron chi connectivity index (χ1n) is 14.8. The van der Waals surface area contributed by atoms with E-state index in [2.05, 4.69) is 10.2 Å². The zero-order valence-corrected chi connectivity index (χ0v) is 26.0. The Kier molecular flexibility index (Phi) is 8.89. The summed E-state index contributed by atoms with van der Waals surface area (Å²) in [6, 6.07) is 24.3. The molecule has 2 heterocycles. The SMILES string of the molecule is O=C(NCCCN1CCN(c2ccccc2F)CC1)c1ccc2c(c1)N(Cc1ccc(Cl)cc1)C(=O)c1ccccc1S2(=O)=O. The van der Waals surface area contributed by atoms with E-state index in [4.69, 9.17) is 11.6 Å². The minimum absolute atomic E-state index is 0.0409. The van der Waals surface area contributed by atoms with Crippen LogP contribution in [0.3, 0.4) is 0 Å². The third kappa shape index (κ3) is 6.45. The molecule has 0 saturated carbocycles. The predicted molar refractivity (Wildman–Crippen MR) is 172 cm³/mol. The van der Waals surface area contributed by atoms with E-state index in [1.807, 2.05) is 11.0 Å². The Morgan fingerprint density at radius 2 is 1.56 bits per heavy atom. The Bertz CT molecular complexity index is 1840. The Balaban J connectivity index is 1.15. The van der Waals surface area contributed by atoms with Crippen LogP contribution in [0.4, 0.5) is 15.8 Å². The minimum atomic E-state index is -4.05. The molecule has 1 N–H and O–H groups in total. The summed E-state index contributed by atoms with van der Waals surface area (Å²) < 4.78 is 41.6. The van der Waals surface area contributed by atoms with E-state index in [-0.39, 0.29) is 44.9 Å². The highest BCUT2D eigenvalue weighted by molar-refractivity contribution is 7.91. The van der Waals surface area contributed by atoms with Crippen molar-refractivity contribution in [1.29, 1.82) is 0 Å². The number of anilines is 2. The number of sulfone groups is 1. The zero-order valence-electron chi connectivity index (χ0n) is 24.5. The van der Waals surface area contributed by atoms with E-state index in [1.54, 1.807) is 48.5 Å². The first-order valence-corrected chi connectivity index (χ1v) is 16.6. The first-order chi connectivity index (χ1) is 21.7. The molecule has 1 saturated heterocycles. The summed E-state index contributed by atoms with van der Waals surface area (Å²) in [5.74, 6) is -1.05. The lowest BCUT2D eigenvalue weighted by Gasteiger charge is -2.36. The maximum absolute atomic E-state index is 14.2. The van der Waals surface area contributed by atoms with Crippen LogP contribution in [0, 0.1) is 5.82 Å². The van der Waals surface area contributed by atoms with Gasteiger partial charge in [-0.05, 0) is 73.1 Å². The largest absolute Gasteiger partial charge is 0.367 e. The Morgan fingerprint density at radius 1 is 0.844 bits per heavy atom. The molecule has 0 aromatic heterocycles. The number of para-hydroxylation sites is 1. The molecule has 1 fully saturated rings. The van der Waals surface area contributed by atoms with Gasteiger partial charge in [-0.2, -0.15) is 0 Å². The van der Waals surface area contributed by atoms with E-state index in [9.17, 15) is 22.4 Å². The molecule has 2 aliphatic heterocycles. The molecule has 4 aromatic rings. The standard InChI is InChI=1S/C34H32ClFN4O4S/c35-26-13-10-24(11-14-26)23-40-30-22-25(12-15-32(30)45(43,44)31-9-4-1-6-27(31)34(40)42)33(41)37-16-5-17-38-18-20-39(21-19-38)29-8-3-2-7-28(29)36/h1-4,6-15,22H,5,16-21,23H2,(H,37,41). The van der Waals surface area contributed by atoms with Crippen molar-refractivity contribution in [2.45, 2.75) is 22.8 Å². The number of nitrogens with one attached hydrogen (secondary N) is 1. The van der Waals surface area contributed by atoms with Crippen molar-refractivity contribution in [2.75, 3.05) is 49.1 Å². The highest BCUT2D eigenvalue weighted by atomic mass is 35.5. The first kappa shape index (κ1) is 30.8. The second-order valence-corrected chi connectivity index (χ2v) is 13.4. The molecule has 0 aliphatic carbocycles. The van der Waals surface area contributed by atoms with Gasteiger partial charge in [0.1, 0.15) is 5.82 Å². The fraction of sp³-hybridized carbons (Fsp3) is 0.235. The molecule has 8 nitrogen and oxygen atoms in total. The van der Waals surface area contributed by atoms with Crippen molar-refractivity contribution in [2.24, 2.45) is 0 Å². The molecular formula is C34H32ClFN4O4S. The Labute approximate surface area is 266 Å². The maximum Gasteiger partial charge on any atom is 0.259 e. The molecule has 0 bridgehead atoms. The van der Waals surface area contributed by atoms with E-state index in [1.165, 1.54) is 41.3 Å². The summed E-state index contributed by atoms with van der Waals surface area (Å²) in [5, 5.41) is 3.47. The summed E-state index contributed by atoms with van der Waals surface area (Å²) in [6.45, 7) is 4.31. The van der Waals surface area contributed by atoms with Crippen LogP contribution < -0.4 is 15.1 Å². The number of hydrogen-bond acceptors (Lipinski definition) is 6. The van der Waals surface area contributed by atoms with Crippen molar-refractivity contribution in [3.63, 3.8) is 0 Å². The van der Waals surface area contributed by atoms with Crippen LogP contribution >= 0.6 is 11.6 Å². The number of benzene rings is 4. The number of amides is 2. The average molecular weight is 647 g/mol. The fourth-order valence-corrected chi connectivity index (χ4v) is 7.56. The summed E-state index contributed by atoms with van der Waals surface area (Å²) in [7, 11) is -4.05. The number of hydrogen-bond donors (Lipinski definition) is 1. The van der Waals surface area contributed by atoms with Crippen molar-refractivity contribution in [3.8, 4) is 0 Å². The topological polar surface area (TPSA) is 90.0 Å². The summed E-state index contributed by atoms with van der Waals surface area (Å²) in [4.78, 5) is 32.7. The van der Waals surface area contributed by atoms with Crippen LogP contribution in [0.1, 0.15) is 32.7 Å². The highest BCUT2D eigenvalue weighted by Crippen LogP contribution is 2.38. The number of nitrogens with zero attached hydrogens (tertiary/aromatic N) is 3. The zero-order chi connectivity index (χ0) is 31.6. The normalized spacial score (nSPS) is 16.1. The molecule has 45 heavy (non-hydrogen) atoms. The predicted octanol–water partition coefficient (Wildman–Crippen LogP) is 5.41. The van der Waals surface area contributed by atoms with Gasteiger partial charge >= 0.3 is 0 Å². The second-order valence-electron chi connectivity index (χ2n) is 11.1. The molecule has 2 aliphatic rings. The van der Waals surface area contributed by atoms with E-state index in [0.29, 0.717) is 23.7 Å². The van der Waals surface area contributed by atoms with Crippen LogP contribution in [0.25, 0.3) is 0 Å². The summed E-state index contributed by atoms with van der Waals surface area (Å²) >= 11 is 6.06. The van der Waals surface area contributed by atoms with Crippen LogP contribution in [0.15, 0.2) is 101 Å². The fourth-order valence-electron chi connectivity index (χ4n) is 5.80. The number of rotatable bonds is 8. The van der Waals surface area contributed by atoms with Gasteiger partial charge in [0.2, 0.25) is 9.84 Å². The van der Waals surface area contributed by atoms with Gasteiger partial charge in [0.15, 0.2) is 0 Å². The minimum Gasteiger partial charge on any atom is -0.367 e. The molecule has 0 atom stereocenters. The van der Waals surface area contributed by atoms with Crippen LogP contribution in [0.5, 0.6) is 0 Å². The third-order valence-electron chi connectivity index (χ3n) is 8.21. The average Bonchev–Trinajstić information content (AvgIpc) is 3.12. The van der Waals surface area contributed by atoms with E-state index < -0.39 is 15.7 Å². The Morgan fingerprint density at radius 3 is 2.31 bits per heavy atom. The van der Waals surface area contributed by atoms with Gasteiger partial charge in [0, 0.05) is 43.3 Å². The molecule has 0 unspecified atom stereocenters. The number of fused-ring (bicyclic) bond motifs is 2. The van der Waals surface area contributed by atoms with Crippen LogP contribution in [-0.4, -0.2) is 64.4 Å². The van der Waals surface area contributed by atoms with Crippen LogP contribution in [0.2, 0.25) is 5.02 Å². The smallest absolute Gasteiger partial charge is 0.259 e. The lowest BCUT2D eigenvalue weighted by molar-refractivity contribution is 0.0948. The van der Waals surface area contributed by atoms with Gasteiger partial charge < -0.3 is 15.1 Å². The van der Waals surface area contributed by atoms with Gasteiger partial charge in [-0.15, -0.1) is 0 Å². The summed E-state index contributed by atoms with van der Waals surface area (Å²) in [6.07, 6.45) is 0.710. The van der Waals surface area contributed by atoms with Gasteiger partial charge in [-0.25, -0.2) is 12.8 Å². The molecular weight excluding hydrogens is 615 g/mol. The van der Waals surface area contributed by atoms with Crippen molar-refractivity contribution < 1.29 is 22.4 Å². The van der Waals surface area contributed by atoms with Crippen molar-refractivity contribution >= 4 is 44.6 Å². The van der Waals surface area contributed by atoms with Gasteiger partial charge in [0.25, 0.3) is 11.8 Å². The highest BCUT2D eigenvalue weighted by Gasteiger charge is 2.36. The number of carbonyl (C=O) groups is 2. The van der Waals surface area contributed by atoms with Crippen molar-refractivity contribution in [3.05, 3.63) is 119 Å². The van der Waals surface area contributed by atoms with E-state index in [0.717, 1.165) is 38.3 Å². The quantitative estimate of drug-likeness (QED) is 0.258. The van der Waals surface area contributed by atoms with E-state index >= 15 is 0 Å². The van der Waals surface area contributed by atoms with Gasteiger partial charge in [-0.1, -0.05) is 48.0 Å². The second kappa shape index (κ2) is 13.0. The molecule has 232 valence electrons. The number of carbonyl (C=O) groups excluding carboxylic acids is 2. The lowest BCUT2D eigenvalue weighted by Crippen LogP contribution is -2.47. The monoisotopic (exact) mass is 646 g/mol. The molecule has 11 heteroatoms. The molecule has 0 radical (unpaired) electrons. The van der Waals surface area contributed by atoms with Crippen LogP contribution in [-0.2, 0) is 16.4 Å². The lowest BCUT2D eigenvalue weighted by atomic mass is 10.1. The number of piperazine rings is 1. The third-order valence-corrected chi connectivity index (χ3v) is 10.3.